The number of hydrogen-bond acceptors (Lipinski definition) is 4. The third kappa shape index (κ3) is 6.20. The number of esters is 1. The topological polar surface area (TPSA) is 84.5 Å². The van der Waals surface area contributed by atoms with E-state index in [1.807, 2.05) is 6.07 Å². The molecule has 2 aromatic carbocycles. The number of benzene rings is 2. The molecule has 2 aromatic rings. The standard InChI is InChI=1S/C19H17FN2O4/c1-13(23)21-17(10-14-6-3-2-4-7-14)19(25)26-12-18(24)22-16-9-5-8-15(20)11-16/h2-11H,12H2,1H3,(H,21,23)(H,22,24). The first kappa shape index (κ1) is 18.9. The molecule has 0 saturated heterocycles. The molecule has 2 N–H and O–H groups in total. The summed E-state index contributed by atoms with van der Waals surface area (Å²) >= 11 is 0. The molecule has 0 unspecified atom stereocenters. The molecule has 0 heterocycles. The van der Waals surface area contributed by atoms with E-state index in [1.54, 1.807) is 24.3 Å². The number of amides is 2. The van der Waals surface area contributed by atoms with E-state index in [9.17, 15) is 18.8 Å². The summed E-state index contributed by atoms with van der Waals surface area (Å²) in [5.74, 6) is -2.45. The lowest BCUT2D eigenvalue weighted by Gasteiger charge is -2.09. The number of rotatable bonds is 6. The van der Waals surface area contributed by atoms with Gasteiger partial charge in [-0.15, -0.1) is 0 Å². The maximum Gasteiger partial charge on any atom is 0.355 e. The number of halogens is 1. The van der Waals surface area contributed by atoms with Crippen LogP contribution in [0.3, 0.4) is 0 Å². The molecule has 2 amide bonds. The van der Waals surface area contributed by atoms with Gasteiger partial charge in [-0.2, -0.15) is 0 Å². The highest BCUT2D eigenvalue weighted by Crippen LogP contribution is 2.09. The van der Waals surface area contributed by atoms with Crippen molar-refractivity contribution in [1.82, 2.24) is 5.32 Å². The molecule has 134 valence electrons. The normalized spacial score (nSPS) is 10.8. The van der Waals surface area contributed by atoms with Crippen LogP contribution < -0.4 is 10.6 Å². The number of anilines is 1. The molecule has 0 fully saturated rings. The summed E-state index contributed by atoms with van der Waals surface area (Å²) in [6.07, 6.45) is 1.44. The maximum atomic E-state index is 13.1. The van der Waals surface area contributed by atoms with Crippen molar-refractivity contribution in [3.05, 3.63) is 71.7 Å². The number of nitrogens with one attached hydrogen (secondary N) is 2. The van der Waals surface area contributed by atoms with Gasteiger partial charge in [-0.05, 0) is 29.8 Å². The van der Waals surface area contributed by atoms with Crippen molar-refractivity contribution in [3.63, 3.8) is 0 Å². The van der Waals surface area contributed by atoms with E-state index in [4.69, 9.17) is 4.74 Å². The van der Waals surface area contributed by atoms with Gasteiger partial charge >= 0.3 is 5.97 Å². The SMILES string of the molecule is CC(=O)NC(=Cc1ccccc1)C(=O)OCC(=O)Nc1cccc(F)c1. The Morgan fingerprint density at radius 1 is 1.08 bits per heavy atom. The Bertz CT molecular complexity index is 834. The number of hydrogen-bond donors (Lipinski definition) is 2. The molecule has 0 atom stereocenters. The molecular weight excluding hydrogens is 339 g/mol. The minimum Gasteiger partial charge on any atom is -0.451 e. The van der Waals surface area contributed by atoms with Crippen molar-refractivity contribution in [2.24, 2.45) is 0 Å². The molecule has 26 heavy (non-hydrogen) atoms. The van der Waals surface area contributed by atoms with E-state index < -0.39 is 30.2 Å². The molecule has 0 aliphatic rings. The lowest BCUT2D eigenvalue weighted by Crippen LogP contribution is -2.28. The molecule has 0 spiro atoms. The molecule has 0 saturated carbocycles. The third-order valence-electron chi connectivity index (χ3n) is 3.08. The van der Waals surface area contributed by atoms with Gasteiger partial charge in [0.1, 0.15) is 11.5 Å². The van der Waals surface area contributed by atoms with Crippen LogP contribution in [0.1, 0.15) is 12.5 Å². The van der Waals surface area contributed by atoms with Crippen molar-refractivity contribution in [3.8, 4) is 0 Å². The fourth-order valence-electron chi connectivity index (χ4n) is 2.02. The van der Waals surface area contributed by atoms with E-state index in [0.717, 1.165) is 6.07 Å². The molecule has 0 bridgehead atoms. The quantitative estimate of drug-likeness (QED) is 0.615. The Morgan fingerprint density at radius 3 is 2.46 bits per heavy atom. The number of carbonyl (C=O) groups is 3. The highest BCUT2D eigenvalue weighted by Gasteiger charge is 2.15. The van der Waals surface area contributed by atoms with Crippen molar-refractivity contribution < 1.29 is 23.5 Å². The van der Waals surface area contributed by atoms with Gasteiger partial charge < -0.3 is 15.4 Å². The summed E-state index contributed by atoms with van der Waals surface area (Å²) in [5.41, 5.74) is 0.827. The lowest BCUT2D eigenvalue weighted by atomic mass is 10.2. The summed E-state index contributed by atoms with van der Waals surface area (Å²) in [6.45, 7) is 0.670. The average molecular weight is 356 g/mol. The Kier molecular flexibility index (Phi) is 6.61. The second kappa shape index (κ2) is 9.12. The lowest BCUT2D eigenvalue weighted by molar-refractivity contribution is -0.144. The van der Waals surface area contributed by atoms with Gasteiger partial charge in [-0.1, -0.05) is 36.4 Å². The van der Waals surface area contributed by atoms with Gasteiger partial charge in [-0.3, -0.25) is 9.59 Å². The average Bonchev–Trinajstić information content (AvgIpc) is 2.59. The van der Waals surface area contributed by atoms with Gasteiger partial charge in [0.15, 0.2) is 6.61 Å². The highest BCUT2D eigenvalue weighted by molar-refractivity contribution is 5.99. The number of ether oxygens (including phenoxy) is 1. The van der Waals surface area contributed by atoms with Crippen LogP contribution in [-0.4, -0.2) is 24.4 Å². The van der Waals surface area contributed by atoms with E-state index in [2.05, 4.69) is 10.6 Å². The fraction of sp³-hybridized carbons (Fsp3) is 0.105. The zero-order valence-electron chi connectivity index (χ0n) is 14.0. The minimum atomic E-state index is -0.863. The van der Waals surface area contributed by atoms with Gasteiger partial charge in [0.05, 0.1) is 0 Å². The molecule has 6 nitrogen and oxygen atoms in total. The summed E-state index contributed by atoms with van der Waals surface area (Å²) in [5, 5.41) is 4.78. The predicted molar refractivity (Wildman–Crippen MR) is 94.2 cm³/mol. The summed E-state index contributed by atoms with van der Waals surface area (Å²) in [4.78, 5) is 35.2. The Hall–Kier alpha value is -3.48. The van der Waals surface area contributed by atoms with Crippen LogP contribution in [0, 0.1) is 5.82 Å². The van der Waals surface area contributed by atoms with Crippen LogP contribution in [0.25, 0.3) is 6.08 Å². The Labute approximate surface area is 149 Å². The number of carbonyl (C=O) groups excluding carboxylic acids is 3. The van der Waals surface area contributed by atoms with Crippen LogP contribution >= 0.6 is 0 Å². The monoisotopic (exact) mass is 356 g/mol. The van der Waals surface area contributed by atoms with E-state index in [-0.39, 0.29) is 11.4 Å². The maximum absolute atomic E-state index is 13.1. The molecule has 2 rings (SSSR count). The first-order valence-corrected chi connectivity index (χ1v) is 7.71. The Balaban J connectivity index is 1.99. The second-order valence-corrected chi connectivity index (χ2v) is 5.28. The van der Waals surface area contributed by atoms with Gasteiger partial charge in [-0.25, -0.2) is 9.18 Å². The summed E-state index contributed by atoms with van der Waals surface area (Å²) < 4.78 is 18.0. The van der Waals surface area contributed by atoms with Gasteiger partial charge in [0.2, 0.25) is 5.91 Å². The molecular formula is C19H17FN2O4. The van der Waals surface area contributed by atoms with E-state index in [0.29, 0.717) is 5.56 Å². The van der Waals surface area contributed by atoms with Crippen LogP contribution in [0.15, 0.2) is 60.3 Å². The summed E-state index contributed by atoms with van der Waals surface area (Å²) in [6, 6.07) is 14.2. The van der Waals surface area contributed by atoms with Crippen molar-refractivity contribution in [2.75, 3.05) is 11.9 Å². The highest BCUT2D eigenvalue weighted by atomic mass is 19.1. The minimum absolute atomic E-state index is 0.0951. The predicted octanol–water partition coefficient (Wildman–Crippen LogP) is 2.48. The smallest absolute Gasteiger partial charge is 0.355 e. The Morgan fingerprint density at radius 2 is 1.81 bits per heavy atom. The van der Waals surface area contributed by atoms with Gasteiger partial charge in [0, 0.05) is 12.6 Å². The zero-order valence-corrected chi connectivity index (χ0v) is 14.0. The largest absolute Gasteiger partial charge is 0.451 e. The molecule has 0 radical (unpaired) electrons. The van der Waals surface area contributed by atoms with Crippen LogP contribution in [-0.2, 0) is 19.1 Å². The molecule has 7 heteroatoms. The first-order chi connectivity index (χ1) is 12.4. The van der Waals surface area contributed by atoms with Crippen molar-refractivity contribution >= 4 is 29.5 Å². The van der Waals surface area contributed by atoms with Crippen LogP contribution in [0.2, 0.25) is 0 Å². The van der Waals surface area contributed by atoms with Crippen molar-refractivity contribution in [2.45, 2.75) is 6.92 Å². The first-order valence-electron chi connectivity index (χ1n) is 7.71. The van der Waals surface area contributed by atoms with E-state index >= 15 is 0 Å². The van der Waals surface area contributed by atoms with Gasteiger partial charge in [0.25, 0.3) is 5.91 Å². The molecule has 0 aromatic heterocycles. The van der Waals surface area contributed by atoms with Crippen LogP contribution in [0.4, 0.5) is 10.1 Å². The summed E-state index contributed by atoms with van der Waals surface area (Å²) in [7, 11) is 0. The molecule has 0 aliphatic carbocycles. The second-order valence-electron chi connectivity index (χ2n) is 5.28. The zero-order chi connectivity index (χ0) is 18.9. The third-order valence-corrected chi connectivity index (χ3v) is 3.08. The molecule has 0 aliphatic heterocycles. The van der Waals surface area contributed by atoms with Crippen LogP contribution in [0.5, 0.6) is 0 Å². The fourth-order valence-corrected chi connectivity index (χ4v) is 2.02. The van der Waals surface area contributed by atoms with E-state index in [1.165, 1.54) is 31.2 Å². The van der Waals surface area contributed by atoms with Crippen molar-refractivity contribution in [1.29, 1.82) is 0 Å².